The minimum Gasteiger partial charge on any atom is -0.349 e. The molecule has 1 aromatic heterocycles. The maximum absolute atomic E-state index is 12.2. The van der Waals surface area contributed by atoms with Crippen LogP contribution in [0.15, 0.2) is 59.8 Å². The van der Waals surface area contributed by atoms with Gasteiger partial charge < -0.3 is 11.2 Å². The molecule has 0 aliphatic rings. The molecule has 3 rings (SSSR count). The lowest BCUT2D eigenvalue weighted by atomic mass is 10.1. The number of nitrogens with zero attached hydrogens (tertiary/aromatic N) is 3. The molecule has 1 atom stereocenters. The van der Waals surface area contributed by atoms with Crippen molar-refractivity contribution < 1.29 is 4.79 Å². The van der Waals surface area contributed by atoms with Crippen LogP contribution in [-0.2, 0) is 4.79 Å². The number of hydrogen-bond donors (Lipinski definition) is 2. The van der Waals surface area contributed by atoms with Gasteiger partial charge in [0.2, 0.25) is 11.1 Å². The Kier molecular flexibility index (Phi) is 5.58. The number of hydrogen-bond acceptors (Lipinski definition) is 5. The van der Waals surface area contributed by atoms with Crippen molar-refractivity contribution in [2.75, 3.05) is 11.6 Å². The van der Waals surface area contributed by atoms with Crippen molar-refractivity contribution >= 4 is 17.7 Å². The van der Waals surface area contributed by atoms with E-state index in [4.69, 9.17) is 5.84 Å². The van der Waals surface area contributed by atoms with Crippen molar-refractivity contribution in [1.82, 2.24) is 20.2 Å². The largest absolute Gasteiger partial charge is 0.349 e. The quantitative estimate of drug-likeness (QED) is 0.517. The molecule has 6 nitrogen and oxygen atoms in total. The molecule has 0 aliphatic carbocycles. The SMILES string of the molecule is Cc1ccccc1-c1nnc(SCC(=O)N[C@@H](C)c2ccccc2)n1N. The van der Waals surface area contributed by atoms with Crippen LogP contribution in [0.25, 0.3) is 11.4 Å². The summed E-state index contributed by atoms with van der Waals surface area (Å²) >= 11 is 1.27. The highest BCUT2D eigenvalue weighted by Crippen LogP contribution is 2.24. The molecule has 1 heterocycles. The molecule has 1 amide bonds. The van der Waals surface area contributed by atoms with Crippen molar-refractivity contribution in [3.63, 3.8) is 0 Å². The van der Waals surface area contributed by atoms with Gasteiger partial charge in [-0.3, -0.25) is 4.79 Å². The highest BCUT2D eigenvalue weighted by molar-refractivity contribution is 7.99. The van der Waals surface area contributed by atoms with E-state index in [0.717, 1.165) is 16.7 Å². The van der Waals surface area contributed by atoms with Gasteiger partial charge in [0.25, 0.3) is 0 Å². The van der Waals surface area contributed by atoms with Crippen LogP contribution in [0, 0.1) is 6.92 Å². The van der Waals surface area contributed by atoms with Crippen LogP contribution in [-0.4, -0.2) is 26.5 Å². The van der Waals surface area contributed by atoms with Crippen molar-refractivity contribution in [3.05, 3.63) is 65.7 Å². The van der Waals surface area contributed by atoms with Gasteiger partial charge in [-0.15, -0.1) is 10.2 Å². The van der Waals surface area contributed by atoms with Crippen molar-refractivity contribution in [2.45, 2.75) is 25.0 Å². The second kappa shape index (κ2) is 8.05. The number of nitrogen functional groups attached to an aromatic ring is 1. The number of aryl methyl sites for hydroxylation is 1. The molecule has 3 aromatic rings. The number of rotatable bonds is 6. The molecule has 0 spiro atoms. The Morgan fingerprint density at radius 3 is 2.58 bits per heavy atom. The van der Waals surface area contributed by atoms with E-state index >= 15 is 0 Å². The molecule has 0 aliphatic heterocycles. The molecule has 7 heteroatoms. The predicted octanol–water partition coefficient (Wildman–Crippen LogP) is 2.94. The van der Waals surface area contributed by atoms with E-state index in [9.17, 15) is 4.79 Å². The number of nitrogens with two attached hydrogens (primary N) is 1. The van der Waals surface area contributed by atoms with Gasteiger partial charge >= 0.3 is 0 Å². The Bertz CT molecular complexity index is 894. The summed E-state index contributed by atoms with van der Waals surface area (Å²) in [6, 6.07) is 17.6. The first-order valence-electron chi connectivity index (χ1n) is 8.30. The lowest BCUT2D eigenvalue weighted by molar-refractivity contribution is -0.119. The molecule has 2 aromatic carbocycles. The van der Waals surface area contributed by atoms with Crippen LogP contribution in [0.5, 0.6) is 0 Å². The lowest BCUT2D eigenvalue weighted by Crippen LogP contribution is -2.28. The molecule has 0 saturated carbocycles. The zero-order valence-electron chi connectivity index (χ0n) is 14.7. The van der Waals surface area contributed by atoms with Crippen LogP contribution >= 0.6 is 11.8 Å². The summed E-state index contributed by atoms with van der Waals surface area (Å²) in [5.41, 5.74) is 3.06. The molecule has 0 radical (unpaired) electrons. The summed E-state index contributed by atoms with van der Waals surface area (Å²) in [6.45, 7) is 3.95. The van der Waals surface area contributed by atoms with Crippen LogP contribution in [0.4, 0.5) is 0 Å². The van der Waals surface area contributed by atoms with Crippen molar-refractivity contribution in [1.29, 1.82) is 0 Å². The average molecular weight is 367 g/mol. The summed E-state index contributed by atoms with van der Waals surface area (Å²) < 4.78 is 1.43. The fourth-order valence-corrected chi connectivity index (χ4v) is 3.29. The van der Waals surface area contributed by atoms with Crippen molar-refractivity contribution in [3.8, 4) is 11.4 Å². The lowest BCUT2D eigenvalue weighted by Gasteiger charge is -2.13. The second-order valence-corrected chi connectivity index (χ2v) is 6.92. The molecule has 26 heavy (non-hydrogen) atoms. The van der Waals surface area contributed by atoms with E-state index in [0.29, 0.717) is 11.0 Å². The molecule has 0 bridgehead atoms. The first-order chi connectivity index (χ1) is 12.6. The van der Waals surface area contributed by atoms with Gasteiger partial charge in [-0.05, 0) is 25.0 Å². The summed E-state index contributed by atoms with van der Waals surface area (Å²) in [5.74, 6) is 6.85. The third kappa shape index (κ3) is 4.05. The minimum absolute atomic E-state index is 0.0532. The smallest absolute Gasteiger partial charge is 0.230 e. The number of carbonyl (C=O) groups is 1. The number of nitrogens with one attached hydrogen (secondary N) is 1. The Morgan fingerprint density at radius 2 is 1.85 bits per heavy atom. The number of aromatic nitrogens is 3. The Labute approximate surface area is 156 Å². The second-order valence-electron chi connectivity index (χ2n) is 5.98. The van der Waals surface area contributed by atoms with Crippen LogP contribution in [0.1, 0.15) is 24.1 Å². The van der Waals surface area contributed by atoms with Crippen LogP contribution in [0.3, 0.4) is 0 Å². The molecule has 0 saturated heterocycles. The van der Waals surface area contributed by atoms with Gasteiger partial charge in [-0.1, -0.05) is 66.4 Å². The van der Waals surface area contributed by atoms with Gasteiger partial charge in [0.05, 0.1) is 11.8 Å². The first kappa shape index (κ1) is 18.0. The Morgan fingerprint density at radius 1 is 1.15 bits per heavy atom. The molecule has 134 valence electrons. The first-order valence-corrected chi connectivity index (χ1v) is 9.28. The van der Waals surface area contributed by atoms with Crippen molar-refractivity contribution in [2.24, 2.45) is 0 Å². The zero-order valence-corrected chi connectivity index (χ0v) is 15.5. The normalized spacial score (nSPS) is 11.9. The maximum atomic E-state index is 12.2. The van der Waals surface area contributed by atoms with Gasteiger partial charge in [-0.2, -0.15) is 0 Å². The summed E-state index contributed by atoms with van der Waals surface area (Å²) in [7, 11) is 0. The van der Waals surface area contributed by atoms with E-state index in [1.54, 1.807) is 0 Å². The predicted molar refractivity (Wildman–Crippen MR) is 104 cm³/mol. The zero-order chi connectivity index (χ0) is 18.5. The summed E-state index contributed by atoms with van der Waals surface area (Å²) in [5, 5.41) is 11.8. The van der Waals surface area contributed by atoms with E-state index in [1.165, 1.54) is 16.4 Å². The third-order valence-electron chi connectivity index (χ3n) is 4.06. The summed E-state index contributed by atoms with van der Waals surface area (Å²) in [6.07, 6.45) is 0. The Balaban J connectivity index is 1.62. The standard InChI is InChI=1S/C19H21N5OS/c1-13-8-6-7-11-16(13)18-22-23-19(24(18)20)26-12-17(25)21-14(2)15-9-4-3-5-10-15/h3-11,14H,12,20H2,1-2H3,(H,21,25)/t14-/m0/s1. The van der Waals surface area contributed by atoms with E-state index < -0.39 is 0 Å². The van der Waals surface area contributed by atoms with E-state index in [-0.39, 0.29) is 17.7 Å². The van der Waals surface area contributed by atoms with Gasteiger partial charge in [0.1, 0.15) is 0 Å². The molecule has 0 unspecified atom stereocenters. The number of thioether (sulfide) groups is 1. The third-order valence-corrected chi connectivity index (χ3v) is 5.00. The summed E-state index contributed by atoms with van der Waals surface area (Å²) in [4.78, 5) is 12.2. The monoisotopic (exact) mass is 367 g/mol. The maximum Gasteiger partial charge on any atom is 0.230 e. The number of amides is 1. The van der Waals surface area contributed by atoms with Gasteiger partial charge in [0.15, 0.2) is 5.82 Å². The fraction of sp³-hybridized carbons (Fsp3) is 0.211. The average Bonchev–Trinajstić information content (AvgIpc) is 3.01. The highest BCUT2D eigenvalue weighted by atomic mass is 32.2. The van der Waals surface area contributed by atoms with Gasteiger partial charge in [-0.25, -0.2) is 4.68 Å². The topological polar surface area (TPSA) is 85.8 Å². The number of carbonyl (C=O) groups excluding carboxylic acids is 1. The van der Waals surface area contributed by atoms with Crippen LogP contribution < -0.4 is 11.2 Å². The van der Waals surface area contributed by atoms with E-state index in [2.05, 4.69) is 15.5 Å². The highest BCUT2D eigenvalue weighted by Gasteiger charge is 2.16. The van der Waals surface area contributed by atoms with E-state index in [1.807, 2.05) is 68.4 Å². The molecular formula is C19H21N5OS. The van der Waals surface area contributed by atoms with Crippen LogP contribution in [0.2, 0.25) is 0 Å². The fourth-order valence-electron chi connectivity index (χ4n) is 2.62. The van der Waals surface area contributed by atoms with Gasteiger partial charge in [0, 0.05) is 5.56 Å². The Hall–Kier alpha value is -2.80. The molecule has 3 N–H and O–H groups in total. The molecular weight excluding hydrogens is 346 g/mol. The molecule has 0 fully saturated rings. The number of benzene rings is 2. The minimum atomic E-state index is -0.0770.